The van der Waals surface area contributed by atoms with Gasteiger partial charge in [0.1, 0.15) is 0 Å². The molecule has 1 atom stereocenters. The van der Waals surface area contributed by atoms with Crippen molar-refractivity contribution < 1.29 is 4.79 Å². The average molecular weight is 326 g/mol. The Bertz CT molecular complexity index is 433. The smallest absolute Gasteiger partial charge is 0.241 e. The fraction of sp³-hybridized carbons (Fsp3) is 0.588. The van der Waals surface area contributed by atoms with Crippen LogP contribution in [0.1, 0.15) is 26.2 Å². The second-order valence-corrected chi connectivity index (χ2v) is 5.72. The Morgan fingerprint density at radius 1 is 1.23 bits per heavy atom. The van der Waals surface area contributed by atoms with E-state index < -0.39 is 0 Å². The van der Waals surface area contributed by atoms with Crippen molar-refractivity contribution in [1.82, 2.24) is 10.2 Å². The van der Waals surface area contributed by atoms with Gasteiger partial charge in [0.05, 0.1) is 6.54 Å². The van der Waals surface area contributed by atoms with Crippen LogP contribution in [0.4, 0.5) is 5.69 Å². The standard InChI is InChI=1S/C17H27N3O.ClH/c1-3-20(16-8-5-4-6-9-16)17(21)14-19(2)15-10-7-12-18-13-11-15;/h4-6,8-9,15,18H,3,7,10-14H2,1-2H3;1H. The van der Waals surface area contributed by atoms with Gasteiger partial charge in [-0.3, -0.25) is 9.69 Å². The molecule has 124 valence electrons. The molecule has 1 aromatic rings. The number of halogens is 1. The summed E-state index contributed by atoms with van der Waals surface area (Å²) in [4.78, 5) is 16.7. The summed E-state index contributed by atoms with van der Waals surface area (Å²) in [5.41, 5.74) is 0.987. The van der Waals surface area contributed by atoms with Gasteiger partial charge >= 0.3 is 0 Å². The summed E-state index contributed by atoms with van der Waals surface area (Å²) in [6.07, 6.45) is 3.49. The molecule has 0 spiro atoms. The van der Waals surface area contributed by atoms with E-state index in [4.69, 9.17) is 0 Å². The quantitative estimate of drug-likeness (QED) is 0.903. The largest absolute Gasteiger partial charge is 0.317 e. The minimum absolute atomic E-state index is 0. The van der Waals surface area contributed by atoms with Gasteiger partial charge in [0, 0.05) is 18.3 Å². The Labute approximate surface area is 140 Å². The van der Waals surface area contributed by atoms with Crippen LogP contribution in [-0.2, 0) is 4.79 Å². The molecule has 0 saturated carbocycles. The molecule has 5 heteroatoms. The lowest BCUT2D eigenvalue weighted by Gasteiger charge is -2.29. The van der Waals surface area contributed by atoms with Crippen molar-refractivity contribution in [1.29, 1.82) is 0 Å². The van der Waals surface area contributed by atoms with Crippen molar-refractivity contribution in [3.8, 4) is 0 Å². The molecule has 0 aromatic heterocycles. The lowest BCUT2D eigenvalue weighted by atomic mass is 10.1. The van der Waals surface area contributed by atoms with Gasteiger partial charge in [0.25, 0.3) is 0 Å². The molecule has 1 unspecified atom stereocenters. The molecule has 1 saturated heterocycles. The highest BCUT2D eigenvalue weighted by Gasteiger charge is 2.21. The van der Waals surface area contributed by atoms with Crippen molar-refractivity contribution in [2.24, 2.45) is 0 Å². The van der Waals surface area contributed by atoms with Gasteiger partial charge in [-0.15, -0.1) is 12.4 Å². The first-order chi connectivity index (χ1) is 10.2. The maximum atomic E-state index is 12.6. The number of nitrogens with zero attached hydrogens (tertiary/aromatic N) is 2. The van der Waals surface area contributed by atoms with E-state index in [2.05, 4.69) is 17.3 Å². The van der Waals surface area contributed by atoms with E-state index in [1.807, 2.05) is 42.2 Å². The Balaban J connectivity index is 0.00000242. The van der Waals surface area contributed by atoms with Gasteiger partial charge in [-0.05, 0) is 58.5 Å². The lowest BCUT2D eigenvalue weighted by molar-refractivity contribution is -0.119. The van der Waals surface area contributed by atoms with Gasteiger partial charge < -0.3 is 10.2 Å². The van der Waals surface area contributed by atoms with Gasteiger partial charge in [0.2, 0.25) is 5.91 Å². The fourth-order valence-corrected chi connectivity index (χ4v) is 2.98. The van der Waals surface area contributed by atoms with Crippen molar-refractivity contribution in [2.75, 3.05) is 38.1 Å². The normalized spacial score (nSPS) is 18.4. The number of carbonyl (C=O) groups excluding carboxylic acids is 1. The predicted molar refractivity (Wildman–Crippen MR) is 94.9 cm³/mol. The van der Waals surface area contributed by atoms with Crippen molar-refractivity contribution in [3.05, 3.63) is 30.3 Å². The topological polar surface area (TPSA) is 35.6 Å². The number of carbonyl (C=O) groups is 1. The van der Waals surface area contributed by atoms with Gasteiger partial charge in [-0.1, -0.05) is 18.2 Å². The summed E-state index contributed by atoms with van der Waals surface area (Å²) >= 11 is 0. The van der Waals surface area contributed by atoms with Crippen LogP contribution >= 0.6 is 12.4 Å². The third-order valence-electron chi connectivity index (χ3n) is 4.24. The second-order valence-electron chi connectivity index (χ2n) is 5.72. The Morgan fingerprint density at radius 3 is 2.64 bits per heavy atom. The second kappa shape index (κ2) is 9.82. The van der Waals surface area contributed by atoms with Crippen LogP contribution < -0.4 is 10.2 Å². The molecule has 0 bridgehead atoms. The summed E-state index contributed by atoms with van der Waals surface area (Å²) in [5, 5.41) is 3.42. The number of hydrogen-bond acceptors (Lipinski definition) is 3. The van der Waals surface area contributed by atoms with Crippen LogP contribution in [0.25, 0.3) is 0 Å². The summed E-state index contributed by atoms with van der Waals surface area (Å²) in [6.45, 7) is 5.39. The zero-order valence-corrected chi connectivity index (χ0v) is 14.4. The molecule has 1 fully saturated rings. The number of anilines is 1. The van der Waals surface area contributed by atoms with Crippen LogP contribution in [0.3, 0.4) is 0 Å². The first-order valence-corrected chi connectivity index (χ1v) is 7.98. The lowest BCUT2D eigenvalue weighted by Crippen LogP contribution is -2.43. The highest BCUT2D eigenvalue weighted by atomic mass is 35.5. The summed E-state index contributed by atoms with van der Waals surface area (Å²) in [5.74, 6) is 0.184. The SMILES string of the molecule is CCN(C(=O)CN(C)C1CCCNCC1)c1ccccc1.Cl. The Morgan fingerprint density at radius 2 is 1.95 bits per heavy atom. The van der Waals surface area contributed by atoms with Crippen LogP contribution in [0, 0.1) is 0 Å². The molecular formula is C17H28ClN3O. The highest BCUT2D eigenvalue weighted by molar-refractivity contribution is 5.94. The molecule has 1 heterocycles. The summed E-state index contributed by atoms with van der Waals surface area (Å²) < 4.78 is 0. The van der Waals surface area contributed by atoms with E-state index in [1.165, 1.54) is 12.8 Å². The van der Waals surface area contributed by atoms with Crippen LogP contribution in [0.15, 0.2) is 30.3 Å². The van der Waals surface area contributed by atoms with Gasteiger partial charge in [-0.2, -0.15) is 0 Å². The average Bonchev–Trinajstić information content (AvgIpc) is 2.78. The molecule has 22 heavy (non-hydrogen) atoms. The maximum absolute atomic E-state index is 12.6. The molecule has 0 radical (unpaired) electrons. The highest BCUT2D eigenvalue weighted by Crippen LogP contribution is 2.15. The number of hydrogen-bond donors (Lipinski definition) is 1. The summed E-state index contributed by atoms with van der Waals surface area (Å²) in [7, 11) is 2.08. The molecule has 1 amide bonds. The van der Waals surface area contributed by atoms with E-state index in [9.17, 15) is 4.79 Å². The van der Waals surface area contributed by atoms with Crippen LogP contribution in [0.5, 0.6) is 0 Å². The van der Waals surface area contributed by atoms with E-state index in [0.717, 1.165) is 25.2 Å². The molecule has 1 aromatic carbocycles. The van der Waals surface area contributed by atoms with E-state index >= 15 is 0 Å². The number of amides is 1. The van der Waals surface area contributed by atoms with Crippen molar-refractivity contribution >= 4 is 24.0 Å². The molecular weight excluding hydrogens is 298 g/mol. The zero-order valence-electron chi connectivity index (χ0n) is 13.6. The van der Waals surface area contributed by atoms with E-state index in [1.54, 1.807) is 0 Å². The minimum atomic E-state index is 0. The van der Waals surface area contributed by atoms with Crippen LogP contribution in [0.2, 0.25) is 0 Å². The zero-order chi connectivity index (χ0) is 15.1. The minimum Gasteiger partial charge on any atom is -0.317 e. The number of nitrogens with one attached hydrogen (secondary N) is 1. The predicted octanol–water partition coefficient (Wildman–Crippen LogP) is 2.54. The Hall–Kier alpha value is -1.10. The van der Waals surface area contributed by atoms with Crippen molar-refractivity contribution in [3.63, 3.8) is 0 Å². The third-order valence-corrected chi connectivity index (χ3v) is 4.24. The van der Waals surface area contributed by atoms with Gasteiger partial charge in [-0.25, -0.2) is 0 Å². The van der Waals surface area contributed by atoms with Crippen LogP contribution in [-0.4, -0.2) is 50.1 Å². The van der Waals surface area contributed by atoms with E-state index in [-0.39, 0.29) is 18.3 Å². The molecule has 2 rings (SSSR count). The molecule has 1 aliphatic rings. The molecule has 1 N–H and O–H groups in total. The first kappa shape index (κ1) is 18.9. The molecule has 1 aliphatic heterocycles. The monoisotopic (exact) mass is 325 g/mol. The number of benzene rings is 1. The molecule has 0 aliphatic carbocycles. The molecule has 4 nitrogen and oxygen atoms in total. The summed E-state index contributed by atoms with van der Waals surface area (Å²) in [6, 6.07) is 10.4. The van der Waals surface area contributed by atoms with E-state index in [0.29, 0.717) is 19.1 Å². The Kier molecular flexibility index (Phi) is 8.46. The fourth-order valence-electron chi connectivity index (χ4n) is 2.98. The first-order valence-electron chi connectivity index (χ1n) is 7.98. The maximum Gasteiger partial charge on any atom is 0.241 e. The third kappa shape index (κ3) is 5.27. The number of likely N-dealkylation sites (N-methyl/N-ethyl adjacent to an activating group) is 2. The number of rotatable bonds is 5. The van der Waals surface area contributed by atoms with Gasteiger partial charge in [0.15, 0.2) is 0 Å². The van der Waals surface area contributed by atoms with Crippen molar-refractivity contribution in [2.45, 2.75) is 32.2 Å². The number of para-hydroxylation sites is 1.